The van der Waals surface area contributed by atoms with E-state index >= 15 is 0 Å². The molecule has 1 aliphatic heterocycles. The van der Waals surface area contributed by atoms with E-state index < -0.39 is 6.04 Å². The number of nitrogens with zero attached hydrogens (tertiary/aromatic N) is 1. The second-order valence-electron chi connectivity index (χ2n) is 8.37. The van der Waals surface area contributed by atoms with Gasteiger partial charge in [-0.3, -0.25) is 9.59 Å². The molecule has 0 radical (unpaired) electrons. The first-order valence-corrected chi connectivity index (χ1v) is 11.1. The quantitative estimate of drug-likeness (QED) is 0.610. The molecule has 3 rings (SSSR count). The summed E-state index contributed by atoms with van der Waals surface area (Å²) in [4.78, 5) is 27.2. The van der Waals surface area contributed by atoms with Crippen LogP contribution in [0.4, 0.5) is 0 Å². The topological polar surface area (TPSA) is 75.4 Å². The zero-order chi connectivity index (χ0) is 22.2. The van der Waals surface area contributed by atoms with Crippen LogP contribution in [0.2, 0.25) is 0 Å². The van der Waals surface area contributed by atoms with Gasteiger partial charge in [-0.25, -0.2) is 0 Å². The summed E-state index contributed by atoms with van der Waals surface area (Å²) in [5, 5.41) is 3.04. The first-order valence-electron chi connectivity index (χ1n) is 11.1. The Labute approximate surface area is 185 Å². The Morgan fingerprint density at radius 3 is 2.29 bits per heavy atom. The average molecular weight is 420 g/mol. The van der Waals surface area contributed by atoms with E-state index in [1.54, 1.807) is 6.08 Å². The maximum atomic E-state index is 12.8. The summed E-state index contributed by atoms with van der Waals surface area (Å²) < 4.78 is 0. The summed E-state index contributed by atoms with van der Waals surface area (Å²) in [6.45, 7) is 5.25. The number of aryl methyl sites for hydroxylation is 1. The molecule has 2 aromatic carbocycles. The molecule has 0 saturated carbocycles. The molecule has 1 heterocycles. The van der Waals surface area contributed by atoms with Crippen LogP contribution in [0.5, 0.6) is 0 Å². The fourth-order valence-corrected chi connectivity index (χ4v) is 3.77. The summed E-state index contributed by atoms with van der Waals surface area (Å²) >= 11 is 0. The molecule has 0 bridgehead atoms. The molecule has 0 fully saturated rings. The fourth-order valence-electron chi connectivity index (χ4n) is 3.77. The predicted molar refractivity (Wildman–Crippen MR) is 124 cm³/mol. The number of nitrogens with two attached hydrogens (primary N) is 1. The summed E-state index contributed by atoms with van der Waals surface area (Å²) in [5.41, 5.74) is 9.70. The van der Waals surface area contributed by atoms with E-state index in [0.717, 1.165) is 12.8 Å². The number of fused-ring (bicyclic) bond motifs is 1. The lowest BCUT2D eigenvalue weighted by Crippen LogP contribution is -2.48. The maximum Gasteiger partial charge on any atom is 0.246 e. The second kappa shape index (κ2) is 10.9. The van der Waals surface area contributed by atoms with Crippen molar-refractivity contribution < 1.29 is 9.59 Å². The van der Waals surface area contributed by atoms with Crippen molar-refractivity contribution in [2.45, 2.75) is 58.3 Å². The first-order chi connectivity index (χ1) is 15.0. The van der Waals surface area contributed by atoms with Gasteiger partial charge in [0.1, 0.15) is 0 Å². The van der Waals surface area contributed by atoms with Gasteiger partial charge in [-0.1, -0.05) is 80.9 Å². The Morgan fingerprint density at radius 2 is 1.68 bits per heavy atom. The molecular weight excluding hydrogens is 386 g/mol. The van der Waals surface area contributed by atoms with Crippen LogP contribution in [0, 0.1) is 5.92 Å². The maximum absolute atomic E-state index is 12.8. The minimum Gasteiger partial charge on any atom is -0.349 e. The largest absolute Gasteiger partial charge is 0.349 e. The van der Waals surface area contributed by atoms with Gasteiger partial charge in [0, 0.05) is 25.2 Å². The number of benzene rings is 2. The van der Waals surface area contributed by atoms with E-state index in [-0.39, 0.29) is 23.8 Å². The molecule has 164 valence electrons. The number of hydrogen-bond donors (Lipinski definition) is 2. The van der Waals surface area contributed by atoms with E-state index in [0.29, 0.717) is 19.5 Å². The van der Waals surface area contributed by atoms with Crippen LogP contribution in [0.1, 0.15) is 43.4 Å². The molecule has 1 aliphatic rings. The molecule has 3 atom stereocenters. The monoisotopic (exact) mass is 419 g/mol. The van der Waals surface area contributed by atoms with Crippen molar-refractivity contribution in [1.82, 2.24) is 10.2 Å². The van der Waals surface area contributed by atoms with E-state index in [4.69, 9.17) is 5.73 Å². The van der Waals surface area contributed by atoms with Gasteiger partial charge in [0.05, 0.1) is 6.04 Å². The third-order valence-corrected chi connectivity index (χ3v) is 6.10. The van der Waals surface area contributed by atoms with Crippen molar-refractivity contribution in [1.29, 1.82) is 0 Å². The summed E-state index contributed by atoms with van der Waals surface area (Å²) in [5.74, 6) is -0.108. The molecule has 0 aliphatic carbocycles. The number of hydrogen-bond acceptors (Lipinski definition) is 3. The SMILES string of the molecule is CC[C@@H](C)[C@H](N)C(=O)N[C@H](C=CC(=O)N1Cc2ccccc2C1)CCc1ccccc1. The lowest BCUT2D eigenvalue weighted by molar-refractivity contribution is -0.127. The number of carbonyl (C=O) groups excluding carboxylic acids is 2. The summed E-state index contributed by atoms with van der Waals surface area (Å²) in [6, 6.07) is 17.4. The molecule has 0 spiro atoms. The highest BCUT2D eigenvalue weighted by molar-refractivity contribution is 5.88. The Bertz CT molecular complexity index is 885. The molecule has 5 heteroatoms. The number of amides is 2. The smallest absolute Gasteiger partial charge is 0.246 e. The minimum absolute atomic E-state index is 0.0404. The highest BCUT2D eigenvalue weighted by Crippen LogP contribution is 2.22. The molecule has 3 N–H and O–H groups in total. The van der Waals surface area contributed by atoms with Crippen LogP contribution in [0.15, 0.2) is 66.7 Å². The number of nitrogens with one attached hydrogen (secondary N) is 1. The normalized spacial score (nSPS) is 16.0. The highest BCUT2D eigenvalue weighted by atomic mass is 16.2. The van der Waals surface area contributed by atoms with Gasteiger partial charge >= 0.3 is 0 Å². The van der Waals surface area contributed by atoms with Gasteiger partial charge in [0.15, 0.2) is 0 Å². The van der Waals surface area contributed by atoms with Gasteiger partial charge in [0.25, 0.3) is 0 Å². The van der Waals surface area contributed by atoms with Gasteiger partial charge in [0.2, 0.25) is 11.8 Å². The van der Waals surface area contributed by atoms with Crippen LogP contribution in [0.3, 0.4) is 0 Å². The van der Waals surface area contributed by atoms with E-state index in [1.807, 2.05) is 55.2 Å². The van der Waals surface area contributed by atoms with Crippen LogP contribution >= 0.6 is 0 Å². The lowest BCUT2D eigenvalue weighted by atomic mass is 9.98. The van der Waals surface area contributed by atoms with Crippen molar-refractivity contribution >= 4 is 11.8 Å². The van der Waals surface area contributed by atoms with Crippen molar-refractivity contribution in [2.24, 2.45) is 11.7 Å². The van der Waals surface area contributed by atoms with Gasteiger partial charge in [-0.05, 0) is 35.4 Å². The van der Waals surface area contributed by atoms with Crippen LogP contribution in [-0.2, 0) is 29.1 Å². The predicted octanol–water partition coefficient (Wildman–Crippen LogP) is 3.58. The molecule has 5 nitrogen and oxygen atoms in total. The van der Waals surface area contributed by atoms with E-state index in [9.17, 15) is 9.59 Å². The van der Waals surface area contributed by atoms with Crippen molar-refractivity contribution in [3.8, 4) is 0 Å². The van der Waals surface area contributed by atoms with E-state index in [1.165, 1.54) is 16.7 Å². The van der Waals surface area contributed by atoms with Crippen molar-refractivity contribution in [3.05, 3.63) is 83.4 Å². The van der Waals surface area contributed by atoms with Crippen molar-refractivity contribution in [2.75, 3.05) is 0 Å². The Kier molecular flexibility index (Phi) is 8.01. The molecule has 0 unspecified atom stereocenters. The highest BCUT2D eigenvalue weighted by Gasteiger charge is 2.23. The number of carbonyl (C=O) groups is 2. The van der Waals surface area contributed by atoms with Crippen LogP contribution in [-0.4, -0.2) is 28.8 Å². The van der Waals surface area contributed by atoms with Gasteiger partial charge < -0.3 is 16.0 Å². The third-order valence-electron chi connectivity index (χ3n) is 6.10. The standard InChI is InChI=1S/C26H33N3O2/c1-3-19(2)25(27)26(31)28-23(14-13-20-9-5-4-6-10-20)15-16-24(30)29-17-21-11-7-8-12-22(21)18-29/h4-12,15-16,19,23,25H,3,13-14,17-18,27H2,1-2H3,(H,28,31)/t19-,23+,25+/m1/s1. The minimum atomic E-state index is -0.554. The molecule has 2 aromatic rings. The Balaban J connectivity index is 1.65. The number of rotatable bonds is 9. The lowest BCUT2D eigenvalue weighted by Gasteiger charge is -2.22. The fraction of sp³-hybridized carbons (Fsp3) is 0.385. The molecule has 31 heavy (non-hydrogen) atoms. The second-order valence-corrected chi connectivity index (χ2v) is 8.37. The van der Waals surface area contributed by atoms with Gasteiger partial charge in [-0.2, -0.15) is 0 Å². The summed E-state index contributed by atoms with van der Waals surface area (Å²) in [7, 11) is 0. The van der Waals surface area contributed by atoms with Gasteiger partial charge in [-0.15, -0.1) is 0 Å². The van der Waals surface area contributed by atoms with Crippen LogP contribution < -0.4 is 11.1 Å². The third kappa shape index (κ3) is 6.28. The Morgan fingerprint density at radius 1 is 1.06 bits per heavy atom. The molecule has 0 aromatic heterocycles. The molecular formula is C26H33N3O2. The molecule has 0 saturated heterocycles. The zero-order valence-electron chi connectivity index (χ0n) is 18.5. The summed E-state index contributed by atoms with van der Waals surface area (Å²) in [6.07, 6.45) is 5.75. The van der Waals surface area contributed by atoms with Crippen molar-refractivity contribution in [3.63, 3.8) is 0 Å². The zero-order valence-corrected chi connectivity index (χ0v) is 18.5. The molecule has 2 amide bonds. The Hall–Kier alpha value is -2.92. The first kappa shape index (κ1) is 22.8. The average Bonchev–Trinajstić information content (AvgIpc) is 3.24. The van der Waals surface area contributed by atoms with E-state index in [2.05, 4.69) is 29.6 Å². The van der Waals surface area contributed by atoms with Crippen LogP contribution in [0.25, 0.3) is 0 Å².